The summed E-state index contributed by atoms with van der Waals surface area (Å²) in [5.41, 5.74) is 5.17. The van der Waals surface area contributed by atoms with Crippen molar-refractivity contribution in [3.63, 3.8) is 0 Å². The first-order valence-corrected chi connectivity index (χ1v) is 13.6. The van der Waals surface area contributed by atoms with Crippen LogP contribution in [0, 0.1) is 10.4 Å². The number of nitrogens with two attached hydrogens (primary N) is 1. The summed E-state index contributed by atoms with van der Waals surface area (Å²) in [5, 5.41) is 35.3. The van der Waals surface area contributed by atoms with Gasteiger partial charge in [-0.05, 0) is 12.1 Å². The van der Waals surface area contributed by atoms with Gasteiger partial charge in [0.1, 0.15) is 11.1 Å². The van der Waals surface area contributed by atoms with Crippen LogP contribution in [0.5, 0.6) is 0 Å². The number of pyridine rings is 2. The summed E-state index contributed by atoms with van der Waals surface area (Å²) in [4.78, 5) is 52.2. The Morgan fingerprint density at radius 1 is 0.732 bits per heavy atom. The molecule has 0 aromatic carbocycles. The fourth-order valence-corrected chi connectivity index (χ4v) is 4.43. The van der Waals surface area contributed by atoms with Gasteiger partial charge >= 0.3 is 11.8 Å². The number of aromatic nitrogens is 2. The lowest BCUT2D eigenvalue weighted by Gasteiger charge is -2.21. The van der Waals surface area contributed by atoms with Gasteiger partial charge in [-0.3, -0.25) is 24.1 Å². The normalized spacial score (nSPS) is 17.0. The van der Waals surface area contributed by atoms with Crippen molar-refractivity contribution in [2.75, 3.05) is 65.6 Å². The van der Waals surface area contributed by atoms with Crippen LogP contribution in [-0.4, -0.2) is 94.1 Å². The zero-order chi connectivity index (χ0) is 29.9. The van der Waals surface area contributed by atoms with Crippen LogP contribution in [-0.2, 0) is 4.74 Å². The minimum atomic E-state index is -0.656. The average molecular weight is 609 g/mol. The van der Waals surface area contributed by atoms with E-state index >= 15 is 0 Å². The smallest absolute Gasteiger partial charge is 0.317 e. The molecule has 6 heterocycles. The van der Waals surface area contributed by atoms with Crippen molar-refractivity contribution in [1.29, 1.82) is 0 Å². The Bertz CT molecular complexity index is 1200. The summed E-state index contributed by atoms with van der Waals surface area (Å²) in [7, 11) is 0. The molecule has 0 spiro atoms. The SMILES string of the molecule is NCCN1CCNC(=O)c2ccc(c(S)[n+]2[O-])C(=O)NCCOCCNC(=O)c2ccc([n+]([O-])c2S)C(=O)NCC1. The van der Waals surface area contributed by atoms with E-state index in [9.17, 15) is 29.6 Å². The number of hydrogen-bond acceptors (Lipinski definition) is 11. The van der Waals surface area contributed by atoms with Crippen LogP contribution in [0.2, 0.25) is 0 Å². The Kier molecular flexibility index (Phi) is 12.0. The van der Waals surface area contributed by atoms with Gasteiger partial charge in [0.2, 0.25) is 0 Å². The highest BCUT2D eigenvalue weighted by molar-refractivity contribution is 7.80. The minimum absolute atomic E-state index is 0.0195. The molecule has 17 heteroatoms. The van der Waals surface area contributed by atoms with Gasteiger partial charge in [-0.25, -0.2) is 0 Å². The molecule has 0 aliphatic carbocycles. The summed E-state index contributed by atoms with van der Waals surface area (Å²) in [6.45, 7) is 2.18. The molecule has 2 aromatic heterocycles. The lowest BCUT2D eigenvalue weighted by molar-refractivity contribution is -0.647. The van der Waals surface area contributed by atoms with E-state index in [1.807, 2.05) is 4.90 Å². The molecule has 6 rings (SSSR count). The number of ether oxygens (including phenoxy) is 1. The highest BCUT2D eigenvalue weighted by Gasteiger charge is 2.25. The number of thiol groups is 2. The molecule has 0 fully saturated rings. The van der Waals surface area contributed by atoms with Crippen LogP contribution in [0.3, 0.4) is 0 Å². The second-order valence-corrected chi connectivity index (χ2v) is 9.61. The monoisotopic (exact) mass is 608 g/mol. The summed E-state index contributed by atoms with van der Waals surface area (Å²) in [5.74, 6) is -2.47. The lowest BCUT2D eigenvalue weighted by Crippen LogP contribution is -2.46. The molecule has 6 N–H and O–H groups in total. The molecule has 4 amide bonds. The molecule has 4 aliphatic rings. The van der Waals surface area contributed by atoms with Gasteiger partial charge in [-0.2, -0.15) is 9.46 Å². The van der Waals surface area contributed by atoms with E-state index in [2.05, 4.69) is 46.5 Å². The lowest BCUT2D eigenvalue weighted by atomic mass is 10.2. The second kappa shape index (κ2) is 15.4. The van der Waals surface area contributed by atoms with Crippen molar-refractivity contribution in [2.24, 2.45) is 5.73 Å². The van der Waals surface area contributed by atoms with E-state index in [4.69, 9.17) is 10.5 Å². The number of nitrogens with zero attached hydrogens (tertiary/aromatic N) is 3. The molecule has 222 valence electrons. The second-order valence-electron chi connectivity index (χ2n) is 8.77. The maximum atomic E-state index is 12.6. The number of amides is 4. The number of rotatable bonds is 2. The molecular weight excluding hydrogens is 576 g/mol. The fraction of sp³-hybridized carbons (Fsp3) is 0.417. The summed E-state index contributed by atoms with van der Waals surface area (Å²) >= 11 is 8.25. The highest BCUT2D eigenvalue weighted by Crippen LogP contribution is 2.11. The Morgan fingerprint density at radius 2 is 1.15 bits per heavy atom. The van der Waals surface area contributed by atoms with Gasteiger partial charge in [-0.15, -0.1) is 0 Å². The molecule has 4 bridgehead atoms. The number of hydrogen-bond donors (Lipinski definition) is 7. The summed E-state index contributed by atoms with van der Waals surface area (Å²) in [6, 6.07) is 5.13. The maximum Gasteiger partial charge on any atom is 0.317 e. The van der Waals surface area contributed by atoms with Crippen molar-refractivity contribution in [1.82, 2.24) is 26.2 Å². The van der Waals surface area contributed by atoms with Crippen LogP contribution in [0.25, 0.3) is 0 Å². The van der Waals surface area contributed by atoms with Crippen LogP contribution < -0.4 is 36.5 Å². The third-order valence-electron chi connectivity index (χ3n) is 6.01. The van der Waals surface area contributed by atoms with Crippen LogP contribution in [0.15, 0.2) is 34.3 Å². The van der Waals surface area contributed by atoms with Crippen LogP contribution >= 0.6 is 25.3 Å². The molecule has 41 heavy (non-hydrogen) atoms. The molecule has 2 aromatic rings. The minimum Gasteiger partial charge on any atom is -0.617 e. The highest BCUT2D eigenvalue weighted by atomic mass is 32.1. The predicted octanol–water partition coefficient (Wildman–Crippen LogP) is -2.56. The molecule has 0 atom stereocenters. The Balaban J connectivity index is 1.76. The third-order valence-corrected chi connectivity index (χ3v) is 6.86. The van der Waals surface area contributed by atoms with Crippen molar-refractivity contribution in [3.8, 4) is 0 Å². The quantitative estimate of drug-likeness (QED) is 0.109. The average Bonchev–Trinajstić information content (AvgIpc) is 2.94. The van der Waals surface area contributed by atoms with Gasteiger partial charge in [0.15, 0.2) is 0 Å². The van der Waals surface area contributed by atoms with Crippen molar-refractivity contribution in [2.45, 2.75) is 10.1 Å². The zero-order valence-electron chi connectivity index (χ0n) is 22.1. The van der Waals surface area contributed by atoms with E-state index in [0.717, 1.165) is 0 Å². The van der Waals surface area contributed by atoms with E-state index in [1.165, 1.54) is 24.3 Å². The van der Waals surface area contributed by atoms with Crippen molar-refractivity contribution < 1.29 is 33.4 Å². The first-order valence-electron chi connectivity index (χ1n) is 12.7. The molecule has 0 unspecified atom stereocenters. The predicted molar refractivity (Wildman–Crippen MR) is 151 cm³/mol. The van der Waals surface area contributed by atoms with E-state index in [-0.39, 0.29) is 81.4 Å². The van der Waals surface area contributed by atoms with Crippen LogP contribution in [0.4, 0.5) is 0 Å². The van der Waals surface area contributed by atoms with Gasteiger partial charge in [-0.1, -0.05) is 25.3 Å². The summed E-state index contributed by atoms with van der Waals surface area (Å²) in [6.07, 6.45) is 0. The van der Waals surface area contributed by atoms with Gasteiger partial charge in [0.05, 0.1) is 13.2 Å². The van der Waals surface area contributed by atoms with Crippen molar-refractivity contribution >= 4 is 48.9 Å². The standard InChI is InChI=1S/C24H32N8O7S2/c25-5-10-30-11-6-26-21(35)17-3-1-15(23(40)31(17)37)19(33)28-8-13-39-14-9-29-20(34)16-2-4-18(32(38)24(16)41)22(36)27-7-12-30/h1-4,40-41H,5-14,25H2,(H,26,35)(H,27,36)(H,28,33)(H,29,34). The zero-order valence-corrected chi connectivity index (χ0v) is 23.8. The molecule has 15 nitrogen and oxygen atoms in total. The topological polar surface area (TPSA) is 209 Å². The molecule has 0 saturated carbocycles. The van der Waals surface area contributed by atoms with Gasteiger partial charge < -0.3 is 42.2 Å². The molecular formula is C24H32N8O7S2. The van der Waals surface area contributed by atoms with E-state index < -0.39 is 23.6 Å². The molecule has 4 aliphatic heterocycles. The van der Waals surface area contributed by atoms with Crippen LogP contribution in [0.1, 0.15) is 41.7 Å². The fourth-order valence-electron chi connectivity index (χ4n) is 3.87. The number of nitrogens with one attached hydrogen (secondary N) is 4. The largest absolute Gasteiger partial charge is 0.617 e. The first kappa shape index (κ1) is 31.9. The Morgan fingerprint density at radius 3 is 1.56 bits per heavy atom. The van der Waals surface area contributed by atoms with Gasteiger partial charge in [0, 0.05) is 64.5 Å². The van der Waals surface area contributed by atoms with Gasteiger partial charge in [0.25, 0.3) is 33.3 Å². The number of carbonyl (C=O) groups is 4. The maximum absolute atomic E-state index is 12.6. The first-order chi connectivity index (χ1) is 19.6. The number of carbonyl (C=O) groups excluding carboxylic acids is 4. The van der Waals surface area contributed by atoms with Crippen molar-refractivity contribution in [3.05, 3.63) is 57.2 Å². The van der Waals surface area contributed by atoms with E-state index in [1.54, 1.807) is 0 Å². The third kappa shape index (κ3) is 8.43. The summed E-state index contributed by atoms with van der Waals surface area (Å²) < 4.78 is 5.94. The van der Waals surface area contributed by atoms with E-state index in [0.29, 0.717) is 26.2 Å². The molecule has 0 radical (unpaired) electrons. The Labute approximate surface area is 246 Å². The molecule has 0 saturated heterocycles. The Hall–Kier alpha value is -3.64.